The molecule has 0 radical (unpaired) electrons. The highest BCUT2D eigenvalue weighted by Crippen LogP contribution is 2.04. The zero-order chi connectivity index (χ0) is 11.3. The highest BCUT2D eigenvalue weighted by atomic mass is 16.6. The van der Waals surface area contributed by atoms with Crippen LogP contribution in [0.5, 0.6) is 0 Å². The highest BCUT2D eigenvalue weighted by molar-refractivity contribution is 6.42. The van der Waals surface area contributed by atoms with Gasteiger partial charge in [0.05, 0.1) is 0 Å². The molecule has 0 aliphatic carbocycles. The van der Waals surface area contributed by atoms with Crippen molar-refractivity contribution in [2.45, 2.75) is 19.9 Å². The summed E-state index contributed by atoms with van der Waals surface area (Å²) in [6.07, 6.45) is 1.08. The van der Waals surface area contributed by atoms with Crippen LogP contribution in [0.4, 0.5) is 0 Å². The molecule has 0 aliphatic rings. The zero-order valence-electron chi connectivity index (χ0n) is 7.80. The van der Waals surface area contributed by atoms with Crippen LogP contribution >= 0.6 is 0 Å². The van der Waals surface area contributed by atoms with Crippen molar-refractivity contribution in [3.63, 3.8) is 0 Å². The van der Waals surface area contributed by atoms with E-state index in [9.17, 15) is 14.9 Å². The van der Waals surface area contributed by atoms with Crippen LogP contribution in [0.3, 0.4) is 0 Å². The molecular formula is C7H11N3O4. The van der Waals surface area contributed by atoms with Gasteiger partial charge in [-0.2, -0.15) is 0 Å². The number of carbonyl (C=O) groups is 1. The van der Waals surface area contributed by atoms with Crippen LogP contribution in [-0.4, -0.2) is 27.8 Å². The van der Waals surface area contributed by atoms with Crippen LogP contribution in [0.15, 0.2) is 16.8 Å². The molecule has 1 atom stereocenters. The number of oxime groups is 1. The van der Waals surface area contributed by atoms with Crippen molar-refractivity contribution in [3.8, 4) is 0 Å². The number of nitrogens with two attached hydrogens (primary N) is 1. The lowest BCUT2D eigenvalue weighted by Gasteiger charge is -2.02. The molecule has 0 bridgehead atoms. The second-order valence-corrected chi connectivity index (χ2v) is 2.70. The number of rotatable bonds is 4. The molecule has 0 saturated heterocycles. The van der Waals surface area contributed by atoms with Gasteiger partial charge in [0.15, 0.2) is 5.71 Å². The maximum atomic E-state index is 10.6. The Hall–Kier alpha value is -1.92. The summed E-state index contributed by atoms with van der Waals surface area (Å²) in [5, 5.41) is 21.3. The summed E-state index contributed by atoms with van der Waals surface area (Å²) in [5.74, 6) is -0.942. The van der Waals surface area contributed by atoms with Crippen LogP contribution in [0.1, 0.15) is 13.8 Å². The van der Waals surface area contributed by atoms with E-state index in [-0.39, 0.29) is 5.57 Å². The van der Waals surface area contributed by atoms with E-state index in [1.165, 1.54) is 13.8 Å². The fourth-order valence-corrected chi connectivity index (χ4v) is 0.652. The summed E-state index contributed by atoms with van der Waals surface area (Å²) >= 11 is 0. The first-order valence-corrected chi connectivity index (χ1v) is 3.73. The van der Waals surface area contributed by atoms with E-state index in [4.69, 9.17) is 10.9 Å². The summed E-state index contributed by atoms with van der Waals surface area (Å²) in [4.78, 5) is 20.4. The Labute approximate surface area is 80.0 Å². The average molecular weight is 201 g/mol. The van der Waals surface area contributed by atoms with Crippen molar-refractivity contribution in [2.24, 2.45) is 10.9 Å². The van der Waals surface area contributed by atoms with E-state index in [0.717, 1.165) is 6.08 Å². The molecule has 0 aliphatic heterocycles. The SMILES string of the molecule is C/C(=C\C(=N/O)C(N)=O)C(C)[N+](=O)[O-]. The van der Waals surface area contributed by atoms with E-state index in [0.29, 0.717) is 0 Å². The third-order valence-electron chi connectivity index (χ3n) is 1.70. The van der Waals surface area contributed by atoms with Gasteiger partial charge in [-0.3, -0.25) is 14.9 Å². The maximum absolute atomic E-state index is 10.6. The first kappa shape index (κ1) is 12.1. The molecule has 3 N–H and O–H groups in total. The van der Waals surface area contributed by atoms with Gasteiger partial charge >= 0.3 is 0 Å². The number of amides is 1. The number of primary amides is 1. The molecule has 0 saturated carbocycles. The molecular weight excluding hydrogens is 190 g/mol. The molecule has 0 aromatic heterocycles. The quantitative estimate of drug-likeness (QED) is 0.286. The first-order valence-electron chi connectivity index (χ1n) is 3.73. The number of hydrogen-bond acceptors (Lipinski definition) is 5. The second kappa shape index (κ2) is 4.95. The lowest BCUT2D eigenvalue weighted by atomic mass is 10.1. The molecule has 0 fully saturated rings. The summed E-state index contributed by atoms with van der Waals surface area (Å²) in [5.41, 5.74) is 4.70. The summed E-state index contributed by atoms with van der Waals surface area (Å²) in [7, 11) is 0. The Morgan fingerprint density at radius 3 is 2.50 bits per heavy atom. The highest BCUT2D eigenvalue weighted by Gasteiger charge is 2.16. The Kier molecular flexibility index (Phi) is 4.27. The van der Waals surface area contributed by atoms with Gasteiger partial charge in [0.1, 0.15) is 0 Å². The maximum Gasteiger partial charge on any atom is 0.270 e. The second-order valence-electron chi connectivity index (χ2n) is 2.70. The van der Waals surface area contributed by atoms with Gasteiger partial charge in [0, 0.05) is 17.4 Å². The molecule has 0 heterocycles. The minimum atomic E-state index is -0.953. The Bertz CT molecular complexity index is 308. The van der Waals surface area contributed by atoms with E-state index in [1.807, 2.05) is 0 Å². The van der Waals surface area contributed by atoms with Crippen molar-refractivity contribution in [1.82, 2.24) is 0 Å². The van der Waals surface area contributed by atoms with Crippen molar-refractivity contribution in [3.05, 3.63) is 21.8 Å². The lowest BCUT2D eigenvalue weighted by Crippen LogP contribution is -2.24. The van der Waals surface area contributed by atoms with Crippen LogP contribution in [0, 0.1) is 10.1 Å². The number of carbonyl (C=O) groups excluding carboxylic acids is 1. The Morgan fingerprint density at radius 2 is 2.21 bits per heavy atom. The van der Waals surface area contributed by atoms with Gasteiger partial charge in [0.2, 0.25) is 6.04 Å². The molecule has 1 unspecified atom stereocenters. The Balaban J connectivity index is 4.83. The standard InChI is InChI=1S/C7H11N3O4/c1-4(5(2)10(13)14)3-6(9-12)7(8)11/h3,5,12H,1-2H3,(H2,8,11)/b4-3+,9-6+. The molecule has 0 aromatic rings. The fraction of sp³-hybridized carbons (Fsp3) is 0.429. The normalized spacial score (nSPS) is 15.0. The molecule has 1 amide bonds. The van der Waals surface area contributed by atoms with Crippen LogP contribution < -0.4 is 5.73 Å². The van der Waals surface area contributed by atoms with Crippen LogP contribution in [0.25, 0.3) is 0 Å². The van der Waals surface area contributed by atoms with Gasteiger partial charge in [-0.1, -0.05) is 5.16 Å². The molecule has 14 heavy (non-hydrogen) atoms. The van der Waals surface area contributed by atoms with Crippen molar-refractivity contribution >= 4 is 11.6 Å². The molecule has 7 nitrogen and oxygen atoms in total. The minimum Gasteiger partial charge on any atom is -0.410 e. The van der Waals surface area contributed by atoms with Crippen LogP contribution in [-0.2, 0) is 4.79 Å². The smallest absolute Gasteiger partial charge is 0.270 e. The Morgan fingerprint density at radius 1 is 1.71 bits per heavy atom. The summed E-state index contributed by atoms with van der Waals surface area (Å²) < 4.78 is 0. The van der Waals surface area contributed by atoms with Gasteiger partial charge in [0.25, 0.3) is 5.91 Å². The molecule has 7 heteroatoms. The van der Waals surface area contributed by atoms with Crippen molar-refractivity contribution in [1.29, 1.82) is 0 Å². The molecule has 78 valence electrons. The third-order valence-corrected chi connectivity index (χ3v) is 1.70. The van der Waals surface area contributed by atoms with Crippen LogP contribution in [0.2, 0.25) is 0 Å². The average Bonchev–Trinajstić information content (AvgIpc) is 2.11. The monoisotopic (exact) mass is 201 g/mol. The predicted molar refractivity (Wildman–Crippen MR) is 48.6 cm³/mol. The fourth-order valence-electron chi connectivity index (χ4n) is 0.652. The van der Waals surface area contributed by atoms with Crippen molar-refractivity contribution < 1.29 is 14.9 Å². The number of hydrogen-bond donors (Lipinski definition) is 2. The minimum absolute atomic E-state index is 0.279. The molecule has 0 aromatic carbocycles. The lowest BCUT2D eigenvalue weighted by molar-refractivity contribution is -0.507. The third kappa shape index (κ3) is 3.21. The van der Waals surface area contributed by atoms with Gasteiger partial charge in [-0.15, -0.1) is 0 Å². The number of nitrogens with zero attached hydrogens (tertiary/aromatic N) is 2. The first-order chi connectivity index (χ1) is 6.40. The number of nitro groups is 1. The molecule has 0 rings (SSSR count). The van der Waals surface area contributed by atoms with Gasteiger partial charge in [-0.25, -0.2) is 0 Å². The largest absolute Gasteiger partial charge is 0.410 e. The van der Waals surface area contributed by atoms with E-state index >= 15 is 0 Å². The topological polar surface area (TPSA) is 119 Å². The molecule has 0 spiro atoms. The van der Waals surface area contributed by atoms with Gasteiger partial charge < -0.3 is 10.9 Å². The van der Waals surface area contributed by atoms with E-state index < -0.39 is 22.6 Å². The summed E-state index contributed by atoms with van der Waals surface area (Å²) in [6, 6.07) is -0.953. The van der Waals surface area contributed by atoms with Gasteiger partial charge in [-0.05, 0) is 13.0 Å². The van der Waals surface area contributed by atoms with Crippen molar-refractivity contribution in [2.75, 3.05) is 0 Å². The van der Waals surface area contributed by atoms with E-state index in [2.05, 4.69) is 5.16 Å². The zero-order valence-corrected chi connectivity index (χ0v) is 7.80. The summed E-state index contributed by atoms with van der Waals surface area (Å²) in [6.45, 7) is 2.80. The van der Waals surface area contributed by atoms with E-state index in [1.54, 1.807) is 0 Å². The predicted octanol–water partition coefficient (Wildman–Crippen LogP) is -0.0866.